The van der Waals surface area contributed by atoms with Crippen molar-refractivity contribution in [2.45, 2.75) is 31.5 Å². The molecule has 1 aromatic rings. The van der Waals surface area contributed by atoms with Gasteiger partial charge in [-0.1, -0.05) is 0 Å². The van der Waals surface area contributed by atoms with E-state index in [2.05, 4.69) is 9.88 Å². The van der Waals surface area contributed by atoms with Crippen LogP contribution >= 0.6 is 0 Å². The first-order valence-electron chi connectivity index (χ1n) is 10.1. The number of rotatable bonds is 7. The molecule has 2 aliphatic rings. The molecule has 4 atom stereocenters. The summed E-state index contributed by atoms with van der Waals surface area (Å²) in [4.78, 5) is 34.8. The summed E-state index contributed by atoms with van der Waals surface area (Å²) in [5.74, 6) is 1.22. The average Bonchev–Trinajstić information content (AvgIpc) is 3.24. The lowest BCUT2D eigenvalue weighted by molar-refractivity contribution is -0.131. The van der Waals surface area contributed by atoms with Crippen LogP contribution in [0.1, 0.15) is 18.5 Å². The molecule has 3 rings (SSSR count). The van der Waals surface area contributed by atoms with Gasteiger partial charge in [0.05, 0.1) is 31.9 Å². The lowest BCUT2D eigenvalue weighted by Crippen LogP contribution is -2.35. The molecule has 0 aromatic carbocycles. The molecule has 0 bridgehead atoms. The number of carbonyl (C=O) groups excluding carboxylic acids is 2. The lowest BCUT2D eigenvalue weighted by Gasteiger charge is -2.24. The molecule has 2 fully saturated rings. The average molecular weight is 405 g/mol. The van der Waals surface area contributed by atoms with Crippen molar-refractivity contribution in [3.63, 3.8) is 0 Å². The molecule has 0 N–H and O–H groups in total. The van der Waals surface area contributed by atoms with Gasteiger partial charge in [-0.25, -0.2) is 0 Å². The number of pyridine rings is 1. The van der Waals surface area contributed by atoms with E-state index < -0.39 is 0 Å². The van der Waals surface area contributed by atoms with Crippen LogP contribution in [0, 0.1) is 11.8 Å². The second-order valence-corrected chi connectivity index (χ2v) is 8.34. The van der Waals surface area contributed by atoms with Gasteiger partial charge in [-0.05, 0) is 18.1 Å². The predicted molar refractivity (Wildman–Crippen MR) is 108 cm³/mol. The van der Waals surface area contributed by atoms with Gasteiger partial charge < -0.3 is 19.3 Å². The maximum absolute atomic E-state index is 12.4. The van der Waals surface area contributed by atoms with Crippen molar-refractivity contribution >= 4 is 11.8 Å². The van der Waals surface area contributed by atoms with E-state index >= 15 is 0 Å². The van der Waals surface area contributed by atoms with Crippen molar-refractivity contribution in [3.8, 4) is 5.75 Å². The smallest absolute Gasteiger partial charge is 0.224 e. The summed E-state index contributed by atoms with van der Waals surface area (Å²) in [6.07, 6.45) is 2.41. The first-order chi connectivity index (χ1) is 13.8. The number of likely N-dealkylation sites (tertiary alicyclic amines) is 1. The molecule has 29 heavy (non-hydrogen) atoms. The summed E-state index contributed by atoms with van der Waals surface area (Å²) in [7, 11) is 8.73. The number of methoxy groups -OCH3 is 1. The number of carbonyl (C=O) groups is 2. The van der Waals surface area contributed by atoms with E-state index in [9.17, 15) is 9.59 Å². The van der Waals surface area contributed by atoms with Gasteiger partial charge in [0, 0.05) is 65.9 Å². The Morgan fingerprint density at radius 1 is 1.21 bits per heavy atom. The summed E-state index contributed by atoms with van der Waals surface area (Å²) >= 11 is 0. The molecule has 3 heterocycles. The SMILES string of the molecule is COc1cccnc1CN1C[C@@H](CC(=O)N(C)C)[C@H]2[C@H](CC(=O)N(C)C)OC[C@H]21. The summed E-state index contributed by atoms with van der Waals surface area (Å²) in [5.41, 5.74) is 0.876. The summed E-state index contributed by atoms with van der Waals surface area (Å²) in [5, 5.41) is 0. The summed E-state index contributed by atoms with van der Waals surface area (Å²) < 4.78 is 11.5. The normalized spacial score (nSPS) is 26.2. The van der Waals surface area contributed by atoms with Crippen LogP contribution in [0.3, 0.4) is 0 Å². The third-order valence-corrected chi connectivity index (χ3v) is 6.07. The quantitative estimate of drug-likeness (QED) is 0.671. The standard InChI is InChI=1S/C21H32N4O4/c1-23(2)19(26)9-14-11-25(12-15-17(28-5)7-6-8-22-15)16-13-29-18(21(14)16)10-20(27)24(3)4/h6-8,14,16,18,21H,9-13H2,1-5H3/t14-,16-,18+,21-/m1/s1. The van der Waals surface area contributed by atoms with Crippen LogP contribution < -0.4 is 4.74 Å². The summed E-state index contributed by atoms with van der Waals surface area (Å²) in [6, 6.07) is 3.93. The maximum atomic E-state index is 12.4. The van der Waals surface area contributed by atoms with Crippen LogP contribution in [-0.4, -0.2) is 92.1 Å². The Morgan fingerprint density at radius 3 is 2.55 bits per heavy atom. The number of ether oxygens (including phenoxy) is 2. The van der Waals surface area contributed by atoms with E-state index in [4.69, 9.17) is 9.47 Å². The molecule has 2 saturated heterocycles. The Morgan fingerprint density at radius 2 is 1.90 bits per heavy atom. The molecule has 0 radical (unpaired) electrons. The second-order valence-electron chi connectivity index (χ2n) is 8.34. The molecule has 0 aliphatic carbocycles. The van der Waals surface area contributed by atoms with E-state index in [1.807, 2.05) is 12.1 Å². The van der Waals surface area contributed by atoms with Crippen molar-refractivity contribution in [1.82, 2.24) is 19.7 Å². The first kappa shape index (κ1) is 21.5. The van der Waals surface area contributed by atoms with Crippen molar-refractivity contribution in [3.05, 3.63) is 24.0 Å². The Kier molecular flexibility index (Phi) is 6.74. The van der Waals surface area contributed by atoms with Crippen LogP contribution in [0.2, 0.25) is 0 Å². The minimum absolute atomic E-state index is 0.0539. The molecular weight excluding hydrogens is 372 g/mol. The Balaban J connectivity index is 1.80. The largest absolute Gasteiger partial charge is 0.495 e. The fourth-order valence-corrected chi connectivity index (χ4v) is 4.48. The number of amides is 2. The van der Waals surface area contributed by atoms with Gasteiger partial charge in [-0.2, -0.15) is 0 Å². The highest BCUT2D eigenvalue weighted by atomic mass is 16.5. The first-order valence-corrected chi connectivity index (χ1v) is 10.1. The van der Waals surface area contributed by atoms with Crippen LogP contribution in [0.5, 0.6) is 5.75 Å². The van der Waals surface area contributed by atoms with Gasteiger partial charge in [0.2, 0.25) is 11.8 Å². The van der Waals surface area contributed by atoms with Gasteiger partial charge in [0.25, 0.3) is 0 Å². The summed E-state index contributed by atoms with van der Waals surface area (Å²) in [6.45, 7) is 1.98. The lowest BCUT2D eigenvalue weighted by atomic mass is 9.84. The third-order valence-electron chi connectivity index (χ3n) is 6.07. The highest BCUT2D eigenvalue weighted by Gasteiger charge is 2.51. The molecule has 0 unspecified atom stereocenters. The van der Waals surface area contributed by atoms with Crippen molar-refractivity contribution in [2.75, 3.05) is 48.5 Å². The maximum Gasteiger partial charge on any atom is 0.224 e. The van der Waals surface area contributed by atoms with Crippen LogP contribution in [0.15, 0.2) is 18.3 Å². The van der Waals surface area contributed by atoms with E-state index in [0.717, 1.165) is 18.0 Å². The molecule has 160 valence electrons. The van der Waals surface area contributed by atoms with E-state index in [-0.39, 0.29) is 35.8 Å². The zero-order valence-electron chi connectivity index (χ0n) is 18.0. The van der Waals surface area contributed by atoms with Crippen LogP contribution in [0.4, 0.5) is 0 Å². The molecule has 0 saturated carbocycles. The number of hydrogen-bond donors (Lipinski definition) is 0. The highest BCUT2D eigenvalue weighted by molar-refractivity contribution is 5.77. The van der Waals surface area contributed by atoms with Gasteiger partial charge in [0.1, 0.15) is 5.75 Å². The number of nitrogens with zero attached hydrogens (tertiary/aromatic N) is 4. The van der Waals surface area contributed by atoms with E-state index in [1.54, 1.807) is 51.3 Å². The third kappa shape index (κ3) is 4.70. The molecule has 8 heteroatoms. The van der Waals surface area contributed by atoms with Gasteiger partial charge >= 0.3 is 0 Å². The minimum Gasteiger partial charge on any atom is -0.495 e. The monoisotopic (exact) mass is 404 g/mol. The van der Waals surface area contributed by atoms with E-state index in [0.29, 0.717) is 26.0 Å². The molecule has 2 aliphatic heterocycles. The Hall–Kier alpha value is -2.19. The number of aromatic nitrogens is 1. The van der Waals surface area contributed by atoms with Crippen LogP contribution in [-0.2, 0) is 20.9 Å². The molecular formula is C21H32N4O4. The zero-order valence-corrected chi connectivity index (χ0v) is 18.0. The van der Waals surface area contributed by atoms with Crippen molar-refractivity contribution in [1.29, 1.82) is 0 Å². The van der Waals surface area contributed by atoms with Gasteiger partial charge in [-0.15, -0.1) is 0 Å². The number of fused-ring (bicyclic) bond motifs is 1. The Labute approximate surface area is 172 Å². The fourth-order valence-electron chi connectivity index (χ4n) is 4.48. The highest BCUT2D eigenvalue weighted by Crippen LogP contribution is 2.42. The zero-order chi connectivity index (χ0) is 21.1. The minimum atomic E-state index is -0.162. The molecule has 1 aromatic heterocycles. The van der Waals surface area contributed by atoms with Crippen LogP contribution in [0.25, 0.3) is 0 Å². The molecule has 8 nitrogen and oxygen atoms in total. The topological polar surface area (TPSA) is 75.2 Å². The molecule has 0 spiro atoms. The van der Waals surface area contributed by atoms with Crippen molar-refractivity contribution in [2.24, 2.45) is 11.8 Å². The van der Waals surface area contributed by atoms with E-state index in [1.165, 1.54) is 0 Å². The van der Waals surface area contributed by atoms with Crippen molar-refractivity contribution < 1.29 is 19.1 Å². The second kappa shape index (κ2) is 9.09. The molecule has 2 amide bonds. The fraction of sp³-hybridized carbons (Fsp3) is 0.667. The number of hydrogen-bond acceptors (Lipinski definition) is 6. The van der Waals surface area contributed by atoms with Gasteiger partial charge in [-0.3, -0.25) is 19.5 Å². The predicted octanol–water partition coefficient (Wildman–Crippen LogP) is 0.862. The van der Waals surface area contributed by atoms with Gasteiger partial charge in [0.15, 0.2) is 0 Å². The Bertz CT molecular complexity index is 739.